The molecule has 0 spiro atoms. The van der Waals surface area contributed by atoms with Gasteiger partial charge in [0.05, 0.1) is 0 Å². The maximum atomic E-state index is 11.8. The van der Waals surface area contributed by atoms with Gasteiger partial charge in [0.25, 0.3) is 9.70 Å². The molecular formula is C14H17Cl3N2O3. The number of nitrogens with one attached hydrogen (secondary N) is 2. The number of aryl methyl sites for hydroxylation is 2. The molecule has 1 aromatic rings. The summed E-state index contributed by atoms with van der Waals surface area (Å²) in [6, 6.07) is 3.41. The molecule has 0 aromatic heterocycles. The van der Waals surface area contributed by atoms with E-state index in [2.05, 4.69) is 10.6 Å². The highest BCUT2D eigenvalue weighted by molar-refractivity contribution is 6.76. The minimum atomic E-state index is -2.05. The van der Waals surface area contributed by atoms with Crippen LogP contribution in [0.1, 0.15) is 25.0 Å². The first-order valence-corrected chi connectivity index (χ1v) is 7.79. The van der Waals surface area contributed by atoms with Gasteiger partial charge in [0.2, 0.25) is 0 Å². The highest BCUT2D eigenvalue weighted by Crippen LogP contribution is 2.32. The summed E-state index contributed by atoms with van der Waals surface area (Å²) in [4.78, 5) is 23.2. The zero-order valence-electron chi connectivity index (χ0n) is 12.4. The van der Waals surface area contributed by atoms with E-state index >= 15 is 0 Å². The van der Waals surface area contributed by atoms with Crippen molar-refractivity contribution in [2.45, 2.75) is 30.5 Å². The molecule has 0 aliphatic carbocycles. The van der Waals surface area contributed by atoms with Gasteiger partial charge in [0, 0.05) is 12.7 Å². The molecule has 1 rings (SSSR count). The molecular weight excluding hydrogens is 351 g/mol. The Balaban J connectivity index is 3.19. The lowest BCUT2D eigenvalue weighted by atomic mass is 10.0. The Morgan fingerprint density at radius 2 is 1.73 bits per heavy atom. The summed E-state index contributed by atoms with van der Waals surface area (Å²) in [6.45, 7) is 3.80. The molecule has 0 aliphatic heterocycles. The van der Waals surface area contributed by atoms with Crippen molar-refractivity contribution >= 4 is 52.5 Å². The number of halogens is 3. The van der Waals surface area contributed by atoms with Crippen LogP contribution in [0.25, 0.3) is 0 Å². The van der Waals surface area contributed by atoms with Crippen molar-refractivity contribution < 1.29 is 14.3 Å². The van der Waals surface area contributed by atoms with Crippen LogP contribution in [-0.2, 0) is 17.6 Å². The summed E-state index contributed by atoms with van der Waals surface area (Å²) in [5, 5.41) is 4.97. The van der Waals surface area contributed by atoms with Crippen molar-refractivity contribution in [2.75, 3.05) is 12.4 Å². The van der Waals surface area contributed by atoms with Crippen LogP contribution in [0.4, 0.5) is 10.5 Å². The van der Waals surface area contributed by atoms with E-state index in [4.69, 9.17) is 39.5 Å². The molecule has 1 aromatic carbocycles. The Morgan fingerprint density at radius 3 is 2.18 bits per heavy atom. The Bertz CT molecular complexity index is 571. The van der Waals surface area contributed by atoms with E-state index in [9.17, 15) is 9.59 Å². The average molecular weight is 368 g/mol. The Morgan fingerprint density at radius 1 is 1.14 bits per heavy atom. The van der Waals surface area contributed by atoms with E-state index < -0.39 is 15.8 Å². The van der Waals surface area contributed by atoms with Gasteiger partial charge in [-0.15, -0.1) is 0 Å². The van der Waals surface area contributed by atoms with Gasteiger partial charge in [-0.3, -0.25) is 4.79 Å². The van der Waals surface area contributed by atoms with E-state index in [0.717, 1.165) is 11.1 Å². The van der Waals surface area contributed by atoms with E-state index in [0.29, 0.717) is 24.3 Å². The number of ether oxygens (including phenoxy) is 1. The summed E-state index contributed by atoms with van der Waals surface area (Å²) in [7, 11) is 1.48. The number of alkyl halides is 3. The summed E-state index contributed by atoms with van der Waals surface area (Å²) >= 11 is 16.7. The van der Waals surface area contributed by atoms with Gasteiger partial charge >= 0.3 is 6.09 Å². The molecule has 0 radical (unpaired) electrons. The number of anilines is 1. The van der Waals surface area contributed by atoms with Gasteiger partial charge in [-0.25, -0.2) is 4.79 Å². The average Bonchev–Trinajstić information content (AvgIpc) is 2.46. The van der Waals surface area contributed by atoms with Crippen LogP contribution in [0.15, 0.2) is 12.1 Å². The maximum Gasteiger partial charge on any atom is 0.412 e. The number of benzene rings is 1. The van der Waals surface area contributed by atoms with E-state index in [-0.39, 0.29) is 0 Å². The monoisotopic (exact) mass is 366 g/mol. The first-order chi connectivity index (χ1) is 10.2. The number of amides is 2. The predicted molar refractivity (Wildman–Crippen MR) is 89.2 cm³/mol. The molecule has 0 fully saturated rings. The number of carbonyl (C=O) groups excluding carboxylic acids is 2. The van der Waals surface area contributed by atoms with Gasteiger partial charge in [-0.05, 0) is 36.1 Å². The van der Waals surface area contributed by atoms with Crippen LogP contribution in [0.5, 0.6) is 5.75 Å². The zero-order valence-corrected chi connectivity index (χ0v) is 14.7. The fourth-order valence-corrected chi connectivity index (χ4v) is 1.93. The smallest absolute Gasteiger partial charge is 0.410 e. The fraction of sp³-hybridized carbons (Fsp3) is 0.429. The van der Waals surface area contributed by atoms with E-state index in [1.165, 1.54) is 7.05 Å². The molecule has 0 bridgehead atoms. The van der Waals surface area contributed by atoms with E-state index in [1.807, 2.05) is 13.8 Å². The molecule has 8 heteroatoms. The summed E-state index contributed by atoms with van der Waals surface area (Å²) in [5.41, 5.74) is 2.04. The first-order valence-electron chi connectivity index (χ1n) is 6.66. The molecule has 0 atom stereocenters. The van der Waals surface area contributed by atoms with Gasteiger partial charge < -0.3 is 15.4 Å². The quantitative estimate of drug-likeness (QED) is 0.795. The van der Waals surface area contributed by atoms with E-state index in [1.54, 1.807) is 12.1 Å². The van der Waals surface area contributed by atoms with Crippen LogP contribution >= 0.6 is 34.8 Å². The van der Waals surface area contributed by atoms with Crippen LogP contribution in [0, 0.1) is 0 Å². The summed E-state index contributed by atoms with van der Waals surface area (Å²) in [5.74, 6) is -0.306. The number of carbonyl (C=O) groups is 2. The molecule has 0 saturated heterocycles. The lowest BCUT2D eigenvalue weighted by molar-refractivity contribution is -0.115. The Hall–Kier alpha value is -1.17. The highest BCUT2D eigenvalue weighted by Gasteiger charge is 2.31. The van der Waals surface area contributed by atoms with Crippen LogP contribution in [-0.4, -0.2) is 22.8 Å². The Labute approximate surface area is 144 Å². The van der Waals surface area contributed by atoms with Crippen LogP contribution in [0.3, 0.4) is 0 Å². The molecule has 2 N–H and O–H groups in total. The van der Waals surface area contributed by atoms with Crippen LogP contribution in [0.2, 0.25) is 0 Å². The molecule has 5 nitrogen and oxygen atoms in total. The van der Waals surface area contributed by atoms with Gasteiger partial charge in [0.1, 0.15) is 5.75 Å². The number of rotatable bonds is 4. The number of hydrogen-bond donors (Lipinski definition) is 2. The lowest BCUT2D eigenvalue weighted by Crippen LogP contribution is -2.27. The second-order valence-electron chi connectivity index (χ2n) is 4.42. The van der Waals surface area contributed by atoms with Gasteiger partial charge in [-0.2, -0.15) is 0 Å². The van der Waals surface area contributed by atoms with Crippen molar-refractivity contribution in [1.29, 1.82) is 0 Å². The minimum Gasteiger partial charge on any atom is -0.410 e. The predicted octanol–water partition coefficient (Wildman–Crippen LogP) is 3.84. The topological polar surface area (TPSA) is 67.4 Å². The van der Waals surface area contributed by atoms with Crippen molar-refractivity contribution in [3.8, 4) is 5.75 Å². The SMILES string of the molecule is CCc1cc(OC(=O)NC)c(CC)cc1NC(=O)C(Cl)(Cl)Cl. The largest absolute Gasteiger partial charge is 0.412 e. The molecule has 122 valence electrons. The third kappa shape index (κ3) is 4.93. The fourth-order valence-electron chi connectivity index (χ4n) is 1.79. The molecule has 0 heterocycles. The van der Waals surface area contributed by atoms with Gasteiger partial charge in [-0.1, -0.05) is 48.7 Å². The summed E-state index contributed by atoms with van der Waals surface area (Å²) in [6.07, 6.45) is 0.645. The standard InChI is InChI=1S/C14H17Cl3N2O3/c1-4-8-7-11(22-13(21)18-3)9(5-2)6-10(8)19-12(20)14(15,16)17/h6-7H,4-5H2,1-3H3,(H,18,21)(H,19,20). The molecule has 22 heavy (non-hydrogen) atoms. The Kier molecular flexibility index (Phi) is 6.78. The molecule has 0 unspecified atom stereocenters. The second-order valence-corrected chi connectivity index (χ2v) is 6.70. The lowest BCUT2D eigenvalue weighted by Gasteiger charge is -2.17. The second kappa shape index (κ2) is 7.90. The van der Waals surface area contributed by atoms with Crippen molar-refractivity contribution in [1.82, 2.24) is 5.32 Å². The minimum absolute atomic E-state index is 0.436. The normalized spacial score (nSPS) is 11.0. The summed E-state index contributed by atoms with van der Waals surface area (Å²) < 4.78 is 3.17. The molecule has 2 amide bonds. The zero-order chi connectivity index (χ0) is 16.9. The third-order valence-electron chi connectivity index (χ3n) is 2.96. The van der Waals surface area contributed by atoms with Crippen LogP contribution < -0.4 is 15.4 Å². The van der Waals surface area contributed by atoms with Crippen molar-refractivity contribution in [3.05, 3.63) is 23.3 Å². The maximum absolute atomic E-state index is 11.8. The molecule has 0 aliphatic rings. The highest BCUT2D eigenvalue weighted by atomic mass is 35.6. The molecule has 0 saturated carbocycles. The number of hydrogen-bond acceptors (Lipinski definition) is 3. The third-order valence-corrected chi connectivity index (χ3v) is 3.48. The van der Waals surface area contributed by atoms with Gasteiger partial charge in [0.15, 0.2) is 0 Å². The first kappa shape index (κ1) is 18.9. The van der Waals surface area contributed by atoms with Crippen molar-refractivity contribution in [3.63, 3.8) is 0 Å². The van der Waals surface area contributed by atoms with Crippen molar-refractivity contribution in [2.24, 2.45) is 0 Å².